The summed E-state index contributed by atoms with van der Waals surface area (Å²) >= 11 is 5.90. The van der Waals surface area contributed by atoms with E-state index < -0.39 is 17.4 Å². The average Bonchev–Trinajstić information content (AvgIpc) is 3.45. The molecule has 7 heteroatoms. The predicted molar refractivity (Wildman–Crippen MR) is 101 cm³/mol. The van der Waals surface area contributed by atoms with Crippen LogP contribution in [0.15, 0.2) is 59.2 Å². The number of hydrogen-bond acceptors (Lipinski definition) is 4. The first-order valence-corrected chi connectivity index (χ1v) is 9.64. The van der Waals surface area contributed by atoms with Crippen LogP contribution >= 0.6 is 11.6 Å². The summed E-state index contributed by atoms with van der Waals surface area (Å²) in [5, 5.41) is 3.60. The fourth-order valence-corrected chi connectivity index (χ4v) is 4.64. The number of rotatable bonds is 5. The lowest BCUT2D eigenvalue weighted by Crippen LogP contribution is -2.43. The number of hydrogen-bond donors (Lipinski definition) is 1. The summed E-state index contributed by atoms with van der Waals surface area (Å²) in [5.74, 6) is -0.527. The van der Waals surface area contributed by atoms with Crippen molar-refractivity contribution in [2.24, 2.45) is 11.8 Å². The molecule has 0 saturated carbocycles. The Morgan fingerprint density at radius 1 is 1.29 bits per heavy atom. The molecule has 0 radical (unpaired) electrons. The first-order chi connectivity index (χ1) is 13.6. The zero-order valence-electron chi connectivity index (χ0n) is 15.0. The number of amides is 2. The number of furan rings is 1. The first-order valence-electron chi connectivity index (χ1n) is 9.26. The number of ether oxygens (including phenoxy) is 1. The third-order valence-electron chi connectivity index (χ3n) is 5.79. The first kappa shape index (κ1) is 17.5. The summed E-state index contributed by atoms with van der Waals surface area (Å²) in [6.07, 6.45) is 5.09. The summed E-state index contributed by atoms with van der Waals surface area (Å²) in [6.45, 7) is 1.20. The van der Waals surface area contributed by atoms with E-state index in [4.69, 9.17) is 20.8 Å². The lowest BCUT2D eigenvalue weighted by molar-refractivity contribution is -0.138. The molecule has 28 heavy (non-hydrogen) atoms. The molecule has 144 valence electrons. The Bertz CT molecular complexity index is 940. The Morgan fingerprint density at radius 3 is 2.86 bits per heavy atom. The van der Waals surface area contributed by atoms with Gasteiger partial charge in [0.1, 0.15) is 11.4 Å². The zero-order valence-corrected chi connectivity index (χ0v) is 15.8. The predicted octanol–water partition coefficient (Wildman–Crippen LogP) is 2.53. The quantitative estimate of drug-likeness (QED) is 0.785. The Balaban J connectivity index is 1.32. The molecule has 4 atom stereocenters. The molecule has 1 aromatic carbocycles. The lowest BCUT2D eigenvalue weighted by atomic mass is 9.77. The monoisotopic (exact) mass is 398 g/mol. The number of carbonyl (C=O) groups excluding carboxylic acids is 2. The van der Waals surface area contributed by atoms with E-state index in [0.717, 1.165) is 5.56 Å². The summed E-state index contributed by atoms with van der Waals surface area (Å²) in [6, 6.07) is 10.9. The number of carbonyl (C=O) groups is 2. The van der Waals surface area contributed by atoms with Crippen LogP contribution in [0.2, 0.25) is 5.02 Å². The van der Waals surface area contributed by atoms with Crippen molar-refractivity contribution in [3.05, 3.63) is 71.2 Å². The second kappa shape index (κ2) is 6.50. The molecule has 6 nitrogen and oxygen atoms in total. The van der Waals surface area contributed by atoms with Crippen LogP contribution in [-0.2, 0) is 27.4 Å². The topological polar surface area (TPSA) is 71.8 Å². The Labute approximate surface area is 167 Å². The van der Waals surface area contributed by atoms with E-state index in [0.29, 0.717) is 30.4 Å². The molecule has 0 unspecified atom stereocenters. The molecule has 2 aromatic rings. The van der Waals surface area contributed by atoms with Gasteiger partial charge in [0.2, 0.25) is 11.8 Å². The van der Waals surface area contributed by atoms with Crippen LogP contribution in [0.1, 0.15) is 11.3 Å². The van der Waals surface area contributed by atoms with Crippen LogP contribution < -0.4 is 5.32 Å². The fraction of sp³-hybridized carbons (Fsp3) is 0.333. The maximum absolute atomic E-state index is 13.1. The molecular formula is C21H19ClN2O4. The molecular weight excluding hydrogens is 380 g/mol. The Kier molecular flexibility index (Phi) is 4.07. The highest BCUT2D eigenvalue weighted by molar-refractivity contribution is 6.30. The molecule has 1 N–H and O–H groups in total. The molecule has 3 aliphatic rings. The highest BCUT2D eigenvalue weighted by atomic mass is 35.5. The molecule has 5 rings (SSSR count). The van der Waals surface area contributed by atoms with Crippen molar-refractivity contribution < 1.29 is 18.7 Å². The summed E-state index contributed by atoms with van der Waals surface area (Å²) < 4.78 is 11.5. The van der Waals surface area contributed by atoms with Gasteiger partial charge in [-0.25, -0.2) is 0 Å². The maximum Gasteiger partial charge on any atom is 0.230 e. The van der Waals surface area contributed by atoms with Crippen LogP contribution in [0, 0.1) is 11.8 Å². The molecule has 2 bridgehead atoms. The van der Waals surface area contributed by atoms with Gasteiger partial charge in [-0.05, 0) is 29.8 Å². The van der Waals surface area contributed by atoms with E-state index in [1.165, 1.54) is 0 Å². The van der Waals surface area contributed by atoms with Gasteiger partial charge >= 0.3 is 0 Å². The van der Waals surface area contributed by atoms with Gasteiger partial charge in [0.05, 0.1) is 37.3 Å². The number of nitrogens with one attached hydrogen (secondary N) is 1. The summed E-state index contributed by atoms with van der Waals surface area (Å²) in [5.41, 5.74) is 0.237. The van der Waals surface area contributed by atoms with Gasteiger partial charge in [0, 0.05) is 11.6 Å². The normalized spacial score (nSPS) is 30.1. The van der Waals surface area contributed by atoms with Crippen molar-refractivity contribution in [3.8, 4) is 0 Å². The number of nitrogens with zero attached hydrogens (tertiary/aromatic N) is 1. The van der Waals surface area contributed by atoms with Crippen molar-refractivity contribution in [2.75, 3.05) is 6.54 Å². The van der Waals surface area contributed by atoms with Crippen molar-refractivity contribution in [1.82, 2.24) is 10.2 Å². The molecule has 2 fully saturated rings. The zero-order chi connectivity index (χ0) is 19.3. The molecule has 1 spiro atoms. The SMILES string of the molecule is O=C(NCc1ccc(Cl)cc1)[C@@H]1[C@H]2C(=O)N(Cc3ccco3)C[C@]23C=C[C@H]1O3. The van der Waals surface area contributed by atoms with Crippen LogP contribution in [0.3, 0.4) is 0 Å². The maximum atomic E-state index is 13.1. The van der Waals surface area contributed by atoms with Gasteiger partial charge in [-0.1, -0.05) is 35.9 Å². The van der Waals surface area contributed by atoms with Crippen LogP contribution in [0.25, 0.3) is 0 Å². The van der Waals surface area contributed by atoms with E-state index in [2.05, 4.69) is 5.32 Å². The second-order valence-corrected chi connectivity index (χ2v) is 7.95. The minimum Gasteiger partial charge on any atom is -0.467 e. The average molecular weight is 399 g/mol. The number of likely N-dealkylation sites (tertiary alicyclic amines) is 1. The van der Waals surface area contributed by atoms with Crippen molar-refractivity contribution in [1.29, 1.82) is 0 Å². The highest BCUT2D eigenvalue weighted by Gasteiger charge is 2.66. The molecule has 3 aliphatic heterocycles. The molecule has 2 saturated heterocycles. The number of halogens is 1. The van der Waals surface area contributed by atoms with E-state index in [1.54, 1.807) is 29.4 Å². The van der Waals surface area contributed by atoms with Crippen molar-refractivity contribution in [2.45, 2.75) is 24.8 Å². The molecule has 2 amide bonds. The van der Waals surface area contributed by atoms with E-state index in [-0.39, 0.29) is 17.9 Å². The molecule has 0 aliphatic carbocycles. The van der Waals surface area contributed by atoms with Crippen LogP contribution in [0.4, 0.5) is 0 Å². The van der Waals surface area contributed by atoms with Gasteiger partial charge in [0.15, 0.2) is 0 Å². The van der Waals surface area contributed by atoms with E-state index in [9.17, 15) is 9.59 Å². The molecule has 1 aromatic heterocycles. The standard InChI is InChI=1S/C21H19ClN2O4/c22-14-5-3-13(4-6-14)10-23-19(25)17-16-7-8-21(28-16)12-24(20(26)18(17)21)11-15-2-1-9-27-15/h1-9,16-18H,10-12H2,(H,23,25)/t16-,17+,18+,21-/m1/s1. The van der Waals surface area contributed by atoms with E-state index >= 15 is 0 Å². The van der Waals surface area contributed by atoms with Crippen LogP contribution in [-0.4, -0.2) is 35.0 Å². The largest absolute Gasteiger partial charge is 0.467 e. The second-order valence-electron chi connectivity index (χ2n) is 7.52. The van der Waals surface area contributed by atoms with Gasteiger partial charge in [-0.3, -0.25) is 9.59 Å². The van der Waals surface area contributed by atoms with Crippen LogP contribution in [0.5, 0.6) is 0 Å². The van der Waals surface area contributed by atoms with E-state index in [1.807, 2.05) is 30.4 Å². The summed E-state index contributed by atoms with van der Waals surface area (Å²) in [4.78, 5) is 27.8. The van der Waals surface area contributed by atoms with Crippen molar-refractivity contribution in [3.63, 3.8) is 0 Å². The van der Waals surface area contributed by atoms with Gasteiger partial charge in [-0.15, -0.1) is 0 Å². The minimum atomic E-state index is -0.712. The Morgan fingerprint density at radius 2 is 2.11 bits per heavy atom. The third kappa shape index (κ3) is 2.75. The minimum absolute atomic E-state index is 0.0603. The molecule has 4 heterocycles. The van der Waals surface area contributed by atoms with Crippen molar-refractivity contribution >= 4 is 23.4 Å². The number of fused-ring (bicyclic) bond motifs is 1. The number of benzene rings is 1. The van der Waals surface area contributed by atoms with Gasteiger partial charge in [-0.2, -0.15) is 0 Å². The van der Waals surface area contributed by atoms with Gasteiger partial charge in [0.25, 0.3) is 0 Å². The fourth-order valence-electron chi connectivity index (χ4n) is 4.51. The Hall–Kier alpha value is -2.57. The smallest absolute Gasteiger partial charge is 0.230 e. The van der Waals surface area contributed by atoms with Gasteiger partial charge < -0.3 is 19.4 Å². The lowest BCUT2D eigenvalue weighted by Gasteiger charge is -2.23. The summed E-state index contributed by atoms with van der Waals surface area (Å²) in [7, 11) is 0. The highest BCUT2D eigenvalue weighted by Crippen LogP contribution is 2.52. The third-order valence-corrected chi connectivity index (χ3v) is 6.04.